The predicted octanol–water partition coefficient (Wildman–Crippen LogP) is 2.61. The van der Waals surface area contributed by atoms with Gasteiger partial charge in [-0.05, 0) is 35.2 Å². The number of aromatic nitrogens is 2. The molecule has 0 aliphatic rings. The lowest BCUT2D eigenvalue weighted by Crippen LogP contribution is -1.97. The van der Waals surface area contributed by atoms with Gasteiger partial charge in [-0.2, -0.15) is 0 Å². The van der Waals surface area contributed by atoms with Crippen molar-refractivity contribution >= 4 is 11.0 Å². The summed E-state index contributed by atoms with van der Waals surface area (Å²) in [5, 5.41) is 0. The summed E-state index contributed by atoms with van der Waals surface area (Å²) in [5.41, 5.74) is 11.5. The van der Waals surface area contributed by atoms with Crippen LogP contribution in [0.3, 0.4) is 0 Å². The summed E-state index contributed by atoms with van der Waals surface area (Å²) in [4.78, 5) is 7.36. The summed E-state index contributed by atoms with van der Waals surface area (Å²) in [6.45, 7) is 0.591. The van der Waals surface area contributed by atoms with E-state index in [1.807, 2.05) is 6.07 Å². The summed E-state index contributed by atoms with van der Waals surface area (Å²) in [7, 11) is 0. The Bertz CT molecular complexity index is 670. The summed E-state index contributed by atoms with van der Waals surface area (Å²) >= 11 is 0. The number of nitrogens with one attached hydrogen (secondary N) is 1. The van der Waals surface area contributed by atoms with Crippen molar-refractivity contribution < 1.29 is 0 Å². The first-order chi connectivity index (χ1) is 8.85. The van der Waals surface area contributed by atoms with Gasteiger partial charge in [-0.25, -0.2) is 4.98 Å². The number of hydrogen-bond acceptors (Lipinski definition) is 2. The number of imidazole rings is 1. The van der Waals surface area contributed by atoms with Crippen molar-refractivity contribution in [2.45, 2.75) is 13.0 Å². The molecular weight excluding hydrogens is 222 g/mol. The van der Waals surface area contributed by atoms with Gasteiger partial charge < -0.3 is 10.7 Å². The third-order valence-electron chi connectivity index (χ3n) is 3.12. The van der Waals surface area contributed by atoms with E-state index in [1.165, 1.54) is 16.7 Å². The van der Waals surface area contributed by atoms with E-state index in [0.29, 0.717) is 6.54 Å². The number of H-pyrrole nitrogens is 1. The van der Waals surface area contributed by atoms with Gasteiger partial charge in [0.1, 0.15) is 0 Å². The Hall–Kier alpha value is -2.13. The molecule has 2 aromatic carbocycles. The number of hydrogen-bond donors (Lipinski definition) is 2. The topological polar surface area (TPSA) is 54.7 Å². The zero-order chi connectivity index (χ0) is 12.4. The lowest BCUT2D eigenvalue weighted by molar-refractivity contribution is 1.06. The Labute approximate surface area is 106 Å². The largest absolute Gasteiger partial charge is 0.345 e. The molecule has 0 saturated carbocycles. The van der Waals surface area contributed by atoms with Crippen LogP contribution in [0.5, 0.6) is 0 Å². The standard InChI is InChI=1S/C15H15N3/c16-9-13-3-1-2-11(7-13)6-12-4-5-14-15(8-12)18-10-17-14/h1-5,7-8,10H,6,9,16H2,(H,17,18). The Morgan fingerprint density at radius 1 is 1.00 bits per heavy atom. The van der Waals surface area contributed by atoms with Crippen LogP contribution in [-0.2, 0) is 13.0 Å². The van der Waals surface area contributed by atoms with Crippen molar-refractivity contribution in [1.82, 2.24) is 9.97 Å². The first kappa shape index (κ1) is 11.0. The Morgan fingerprint density at radius 2 is 1.83 bits per heavy atom. The molecule has 0 bridgehead atoms. The van der Waals surface area contributed by atoms with Crippen LogP contribution in [0.15, 0.2) is 48.8 Å². The van der Waals surface area contributed by atoms with Gasteiger partial charge in [0, 0.05) is 6.54 Å². The van der Waals surface area contributed by atoms with Crippen molar-refractivity contribution in [2.75, 3.05) is 0 Å². The van der Waals surface area contributed by atoms with Crippen LogP contribution in [0.2, 0.25) is 0 Å². The lowest BCUT2D eigenvalue weighted by Gasteiger charge is -2.04. The third kappa shape index (κ3) is 2.13. The molecule has 0 unspecified atom stereocenters. The molecule has 3 heteroatoms. The van der Waals surface area contributed by atoms with Crippen LogP contribution in [0.25, 0.3) is 11.0 Å². The van der Waals surface area contributed by atoms with Crippen LogP contribution < -0.4 is 5.73 Å². The monoisotopic (exact) mass is 237 g/mol. The maximum Gasteiger partial charge on any atom is 0.0931 e. The molecule has 3 nitrogen and oxygen atoms in total. The van der Waals surface area contributed by atoms with E-state index in [1.54, 1.807) is 6.33 Å². The van der Waals surface area contributed by atoms with E-state index in [2.05, 4.69) is 46.4 Å². The Balaban J connectivity index is 1.90. The van der Waals surface area contributed by atoms with E-state index in [0.717, 1.165) is 17.5 Å². The normalized spacial score (nSPS) is 10.9. The van der Waals surface area contributed by atoms with Crippen molar-refractivity contribution in [1.29, 1.82) is 0 Å². The summed E-state index contributed by atoms with van der Waals surface area (Å²) in [6, 6.07) is 14.7. The molecule has 0 aliphatic carbocycles. The molecule has 0 amide bonds. The third-order valence-corrected chi connectivity index (χ3v) is 3.12. The van der Waals surface area contributed by atoms with E-state index in [-0.39, 0.29) is 0 Å². The van der Waals surface area contributed by atoms with Gasteiger partial charge in [0.15, 0.2) is 0 Å². The van der Waals surface area contributed by atoms with Gasteiger partial charge in [-0.15, -0.1) is 0 Å². The number of fused-ring (bicyclic) bond motifs is 1. The molecule has 0 spiro atoms. The molecule has 0 fully saturated rings. The minimum atomic E-state index is 0.591. The summed E-state index contributed by atoms with van der Waals surface area (Å²) in [6.07, 6.45) is 2.65. The molecule has 0 saturated heterocycles. The Kier molecular flexibility index (Phi) is 2.82. The second-order valence-corrected chi connectivity index (χ2v) is 4.45. The fourth-order valence-electron chi connectivity index (χ4n) is 2.19. The fourth-order valence-corrected chi connectivity index (χ4v) is 2.19. The second kappa shape index (κ2) is 4.63. The van der Waals surface area contributed by atoms with Crippen LogP contribution in [0, 0.1) is 0 Å². The maximum absolute atomic E-state index is 5.66. The quantitative estimate of drug-likeness (QED) is 0.735. The maximum atomic E-state index is 5.66. The highest BCUT2D eigenvalue weighted by atomic mass is 14.9. The number of benzene rings is 2. The van der Waals surface area contributed by atoms with Crippen LogP contribution >= 0.6 is 0 Å². The van der Waals surface area contributed by atoms with E-state index in [9.17, 15) is 0 Å². The average Bonchev–Trinajstić information content (AvgIpc) is 2.86. The van der Waals surface area contributed by atoms with Crippen LogP contribution in [-0.4, -0.2) is 9.97 Å². The first-order valence-corrected chi connectivity index (χ1v) is 6.05. The summed E-state index contributed by atoms with van der Waals surface area (Å²) in [5.74, 6) is 0. The highest BCUT2D eigenvalue weighted by molar-refractivity contribution is 5.75. The Morgan fingerprint density at radius 3 is 2.72 bits per heavy atom. The van der Waals surface area contributed by atoms with Gasteiger partial charge in [-0.3, -0.25) is 0 Å². The van der Waals surface area contributed by atoms with Gasteiger partial charge in [-0.1, -0.05) is 30.3 Å². The number of nitrogens with two attached hydrogens (primary N) is 1. The first-order valence-electron chi connectivity index (χ1n) is 6.05. The minimum absolute atomic E-state index is 0.591. The highest BCUT2D eigenvalue weighted by Crippen LogP contribution is 2.16. The average molecular weight is 237 g/mol. The molecular formula is C15H15N3. The number of nitrogens with zero attached hydrogens (tertiary/aromatic N) is 1. The zero-order valence-electron chi connectivity index (χ0n) is 10.1. The van der Waals surface area contributed by atoms with Crippen LogP contribution in [0.1, 0.15) is 16.7 Å². The smallest absolute Gasteiger partial charge is 0.0931 e. The highest BCUT2D eigenvalue weighted by Gasteiger charge is 2.01. The lowest BCUT2D eigenvalue weighted by atomic mass is 10.0. The van der Waals surface area contributed by atoms with E-state index >= 15 is 0 Å². The molecule has 1 heterocycles. The van der Waals surface area contributed by atoms with Crippen molar-refractivity contribution in [2.24, 2.45) is 5.73 Å². The van der Waals surface area contributed by atoms with Gasteiger partial charge >= 0.3 is 0 Å². The van der Waals surface area contributed by atoms with Gasteiger partial charge in [0.2, 0.25) is 0 Å². The van der Waals surface area contributed by atoms with Crippen molar-refractivity contribution in [3.8, 4) is 0 Å². The molecule has 3 aromatic rings. The van der Waals surface area contributed by atoms with Crippen LogP contribution in [0.4, 0.5) is 0 Å². The van der Waals surface area contributed by atoms with Crippen molar-refractivity contribution in [3.05, 3.63) is 65.5 Å². The van der Waals surface area contributed by atoms with Crippen molar-refractivity contribution in [3.63, 3.8) is 0 Å². The molecule has 3 N–H and O–H groups in total. The van der Waals surface area contributed by atoms with Gasteiger partial charge in [0.05, 0.1) is 17.4 Å². The molecule has 90 valence electrons. The fraction of sp³-hybridized carbons (Fsp3) is 0.133. The number of aromatic amines is 1. The zero-order valence-corrected chi connectivity index (χ0v) is 10.1. The molecule has 1 aromatic heterocycles. The number of rotatable bonds is 3. The second-order valence-electron chi connectivity index (χ2n) is 4.45. The minimum Gasteiger partial charge on any atom is -0.345 e. The molecule has 0 atom stereocenters. The van der Waals surface area contributed by atoms with E-state index < -0.39 is 0 Å². The summed E-state index contributed by atoms with van der Waals surface area (Å²) < 4.78 is 0. The SMILES string of the molecule is NCc1cccc(Cc2ccc3nc[nH]c3c2)c1. The van der Waals surface area contributed by atoms with E-state index in [4.69, 9.17) is 5.73 Å². The van der Waals surface area contributed by atoms with Gasteiger partial charge in [0.25, 0.3) is 0 Å². The molecule has 18 heavy (non-hydrogen) atoms. The molecule has 0 aliphatic heterocycles. The predicted molar refractivity (Wildman–Crippen MR) is 73.2 cm³/mol. The molecule has 0 radical (unpaired) electrons. The molecule has 3 rings (SSSR count).